The molecule has 0 aliphatic carbocycles. The van der Waals surface area contributed by atoms with Gasteiger partial charge >= 0.3 is 0 Å². The molecule has 158 valence electrons. The van der Waals surface area contributed by atoms with E-state index in [-0.39, 0.29) is 17.3 Å². The lowest BCUT2D eigenvalue weighted by atomic mass is 10.2. The molecule has 2 heterocycles. The third-order valence-electron chi connectivity index (χ3n) is 4.69. The van der Waals surface area contributed by atoms with Gasteiger partial charge in [-0.1, -0.05) is 12.1 Å². The van der Waals surface area contributed by atoms with E-state index in [9.17, 15) is 13.2 Å². The molecule has 2 aromatic rings. The Balaban J connectivity index is 1.75. The lowest BCUT2D eigenvalue weighted by Crippen LogP contribution is -2.29. The number of carbonyl (C=O) groups is 1. The average molecular weight is 485 g/mol. The predicted octanol–water partition coefficient (Wildman–Crippen LogP) is 1.77. The van der Waals surface area contributed by atoms with E-state index in [1.807, 2.05) is 25.9 Å². The molecular formula is C18H25BrN6O3S. The summed E-state index contributed by atoms with van der Waals surface area (Å²) in [5, 5.41) is 10.6. The van der Waals surface area contributed by atoms with Crippen LogP contribution in [0.1, 0.15) is 19.0 Å². The SMILES string of the molecule is C[C@H]1CCN(S(=O)(=O)c2cc(NC(=O)Cn3nncc3CN(C)C)ccc2Br)C1. The van der Waals surface area contributed by atoms with E-state index in [0.29, 0.717) is 35.7 Å². The standard InChI is InChI=1S/C18H25BrN6O3S/c1-13-6-7-24(10-13)29(27,28)17-8-14(4-5-16(17)19)21-18(26)12-25-15(9-20-22-25)11-23(2)3/h4-5,8-9,13H,6-7,10-12H2,1-3H3,(H,21,26)/t13-/m0/s1. The molecule has 1 amide bonds. The van der Waals surface area contributed by atoms with E-state index in [1.54, 1.807) is 18.3 Å². The maximum Gasteiger partial charge on any atom is 0.246 e. The summed E-state index contributed by atoms with van der Waals surface area (Å²) in [7, 11) is 0.209. The van der Waals surface area contributed by atoms with Crippen molar-refractivity contribution in [2.24, 2.45) is 5.92 Å². The Morgan fingerprint density at radius 3 is 2.79 bits per heavy atom. The van der Waals surface area contributed by atoms with Crippen molar-refractivity contribution in [2.75, 3.05) is 32.5 Å². The fourth-order valence-electron chi connectivity index (χ4n) is 3.23. The fraction of sp³-hybridized carbons (Fsp3) is 0.500. The van der Waals surface area contributed by atoms with Crippen LogP contribution in [0, 0.1) is 5.92 Å². The van der Waals surface area contributed by atoms with E-state index in [0.717, 1.165) is 12.1 Å². The Hall–Kier alpha value is -1.82. The van der Waals surface area contributed by atoms with Crippen LogP contribution in [0.5, 0.6) is 0 Å². The Morgan fingerprint density at radius 1 is 1.38 bits per heavy atom. The second kappa shape index (κ2) is 8.90. The molecule has 1 aliphatic heterocycles. The highest BCUT2D eigenvalue weighted by atomic mass is 79.9. The van der Waals surface area contributed by atoms with Crippen molar-refractivity contribution in [1.29, 1.82) is 0 Å². The van der Waals surface area contributed by atoms with E-state index in [1.165, 1.54) is 15.1 Å². The van der Waals surface area contributed by atoms with Crippen molar-refractivity contribution >= 4 is 37.5 Å². The largest absolute Gasteiger partial charge is 0.324 e. The van der Waals surface area contributed by atoms with Gasteiger partial charge in [0.05, 0.1) is 16.8 Å². The van der Waals surface area contributed by atoms with Gasteiger partial charge in [0.1, 0.15) is 6.54 Å². The number of hydrogen-bond acceptors (Lipinski definition) is 6. The number of aromatic nitrogens is 3. The summed E-state index contributed by atoms with van der Waals surface area (Å²) in [4.78, 5) is 14.6. The Kier molecular flexibility index (Phi) is 6.72. The highest BCUT2D eigenvalue weighted by Gasteiger charge is 2.32. The zero-order valence-electron chi connectivity index (χ0n) is 16.7. The summed E-state index contributed by atoms with van der Waals surface area (Å²) in [6.45, 7) is 3.65. The first-order chi connectivity index (χ1) is 13.7. The smallest absolute Gasteiger partial charge is 0.246 e. The number of sulfonamides is 1. The Morgan fingerprint density at radius 2 is 2.14 bits per heavy atom. The molecule has 1 saturated heterocycles. The first kappa shape index (κ1) is 21.9. The first-order valence-electron chi connectivity index (χ1n) is 9.28. The number of anilines is 1. The molecule has 0 spiro atoms. The molecule has 0 bridgehead atoms. The molecule has 1 fully saturated rings. The summed E-state index contributed by atoms with van der Waals surface area (Å²) >= 11 is 3.33. The number of amides is 1. The van der Waals surface area contributed by atoms with Crippen molar-refractivity contribution in [2.45, 2.75) is 31.3 Å². The first-order valence-corrected chi connectivity index (χ1v) is 11.5. The van der Waals surface area contributed by atoms with Gasteiger partial charge in [-0.05, 0) is 60.6 Å². The van der Waals surface area contributed by atoms with E-state index in [2.05, 4.69) is 31.6 Å². The third-order valence-corrected chi connectivity index (χ3v) is 7.55. The summed E-state index contributed by atoms with van der Waals surface area (Å²) in [5.74, 6) is 0.0291. The lowest BCUT2D eigenvalue weighted by Gasteiger charge is -2.18. The van der Waals surface area contributed by atoms with Gasteiger partial charge < -0.3 is 10.2 Å². The van der Waals surface area contributed by atoms with Gasteiger partial charge in [0.25, 0.3) is 0 Å². The molecule has 3 rings (SSSR count). The topological polar surface area (TPSA) is 100 Å². The van der Waals surface area contributed by atoms with Gasteiger partial charge in [0.2, 0.25) is 15.9 Å². The molecule has 1 N–H and O–H groups in total. The van der Waals surface area contributed by atoms with Crippen LogP contribution in [0.3, 0.4) is 0 Å². The molecule has 11 heteroatoms. The number of halogens is 1. The second-order valence-electron chi connectivity index (χ2n) is 7.57. The Labute approximate surface area is 179 Å². The van der Waals surface area contributed by atoms with Crippen LogP contribution in [0.4, 0.5) is 5.69 Å². The number of nitrogens with one attached hydrogen (secondary N) is 1. The van der Waals surface area contributed by atoms with E-state index in [4.69, 9.17) is 0 Å². The van der Waals surface area contributed by atoms with Crippen molar-refractivity contribution in [3.8, 4) is 0 Å². The minimum Gasteiger partial charge on any atom is -0.324 e. The Bertz CT molecular complexity index is 991. The van der Waals surface area contributed by atoms with Crippen LogP contribution in [-0.4, -0.2) is 65.7 Å². The number of nitrogens with zero attached hydrogens (tertiary/aromatic N) is 5. The minimum atomic E-state index is -3.63. The van der Waals surface area contributed by atoms with Crippen molar-refractivity contribution < 1.29 is 13.2 Å². The quantitative estimate of drug-likeness (QED) is 0.642. The average Bonchev–Trinajstić information content (AvgIpc) is 3.25. The molecule has 0 saturated carbocycles. The molecule has 1 aromatic carbocycles. The van der Waals surface area contributed by atoms with Crippen LogP contribution in [0.15, 0.2) is 33.8 Å². The molecule has 0 unspecified atom stereocenters. The van der Waals surface area contributed by atoms with Crippen LogP contribution in [-0.2, 0) is 27.9 Å². The third kappa shape index (κ3) is 5.21. The molecule has 29 heavy (non-hydrogen) atoms. The summed E-state index contributed by atoms with van der Waals surface area (Å²) in [5.41, 5.74) is 1.23. The highest BCUT2D eigenvalue weighted by molar-refractivity contribution is 9.10. The normalized spacial score (nSPS) is 17.8. The number of carbonyl (C=O) groups excluding carboxylic acids is 1. The highest BCUT2D eigenvalue weighted by Crippen LogP contribution is 2.31. The number of hydrogen-bond donors (Lipinski definition) is 1. The minimum absolute atomic E-state index is 0.00897. The van der Waals surface area contributed by atoms with Gasteiger partial charge in [0.15, 0.2) is 0 Å². The molecule has 1 aliphatic rings. The van der Waals surface area contributed by atoms with E-state index >= 15 is 0 Å². The monoisotopic (exact) mass is 484 g/mol. The van der Waals surface area contributed by atoms with Gasteiger partial charge in [-0.15, -0.1) is 5.10 Å². The van der Waals surface area contributed by atoms with Gasteiger partial charge in [-0.2, -0.15) is 4.31 Å². The van der Waals surface area contributed by atoms with Crippen molar-refractivity contribution in [1.82, 2.24) is 24.2 Å². The summed E-state index contributed by atoms with van der Waals surface area (Å²) < 4.78 is 29.5. The van der Waals surface area contributed by atoms with Gasteiger partial charge in [-0.3, -0.25) is 4.79 Å². The maximum atomic E-state index is 13.0. The molecule has 9 nitrogen and oxygen atoms in total. The molecule has 0 radical (unpaired) electrons. The maximum absolute atomic E-state index is 13.0. The number of rotatable bonds is 7. The zero-order valence-corrected chi connectivity index (χ0v) is 19.1. The van der Waals surface area contributed by atoms with Crippen LogP contribution < -0.4 is 5.32 Å². The van der Waals surface area contributed by atoms with Gasteiger partial charge in [-0.25, -0.2) is 13.1 Å². The fourth-order valence-corrected chi connectivity index (χ4v) is 5.75. The van der Waals surface area contributed by atoms with Crippen LogP contribution in [0.2, 0.25) is 0 Å². The molecule has 1 aromatic heterocycles. The predicted molar refractivity (Wildman–Crippen MR) is 113 cm³/mol. The summed E-state index contributed by atoms with van der Waals surface area (Å²) in [6, 6.07) is 4.78. The van der Waals surface area contributed by atoms with Gasteiger partial charge in [0, 0.05) is 29.8 Å². The molecule has 1 atom stereocenters. The summed E-state index contributed by atoms with van der Waals surface area (Å²) in [6.07, 6.45) is 2.47. The molecular weight excluding hydrogens is 460 g/mol. The second-order valence-corrected chi connectivity index (χ2v) is 10.3. The van der Waals surface area contributed by atoms with Crippen LogP contribution >= 0.6 is 15.9 Å². The van der Waals surface area contributed by atoms with Crippen molar-refractivity contribution in [3.05, 3.63) is 34.6 Å². The number of benzene rings is 1. The van der Waals surface area contributed by atoms with E-state index < -0.39 is 10.0 Å². The van der Waals surface area contributed by atoms with Crippen LogP contribution in [0.25, 0.3) is 0 Å². The van der Waals surface area contributed by atoms with Crippen molar-refractivity contribution in [3.63, 3.8) is 0 Å². The zero-order chi connectivity index (χ0) is 21.2. The lowest BCUT2D eigenvalue weighted by molar-refractivity contribution is -0.117.